The van der Waals surface area contributed by atoms with Crippen molar-refractivity contribution in [2.45, 2.75) is 32.9 Å². The maximum Gasteiger partial charge on any atom is 0.244 e. The summed E-state index contributed by atoms with van der Waals surface area (Å²) in [6, 6.07) is 8.21. The summed E-state index contributed by atoms with van der Waals surface area (Å²) in [6.45, 7) is 4.86. The van der Waals surface area contributed by atoms with Crippen LogP contribution in [0.2, 0.25) is 0 Å². The number of hydrogen-bond donors (Lipinski definition) is 2. The summed E-state index contributed by atoms with van der Waals surface area (Å²) >= 11 is 0. The maximum atomic E-state index is 5.13. The minimum Gasteiger partial charge on any atom is -0.497 e. The van der Waals surface area contributed by atoms with E-state index in [4.69, 9.17) is 4.74 Å². The molecular weight excluding hydrogens is 266 g/mol. The first-order chi connectivity index (χ1) is 10.2. The third-order valence-electron chi connectivity index (χ3n) is 3.18. The fourth-order valence-electron chi connectivity index (χ4n) is 1.73. The lowest BCUT2D eigenvalue weighted by Crippen LogP contribution is -2.16. The Morgan fingerprint density at radius 2 is 2.00 bits per heavy atom. The van der Waals surface area contributed by atoms with Crippen LogP contribution in [-0.2, 0) is 6.54 Å². The molecule has 2 rings (SSSR count). The summed E-state index contributed by atoms with van der Waals surface area (Å²) in [5, 5.41) is 14.4. The van der Waals surface area contributed by atoms with Crippen LogP contribution in [0, 0.1) is 0 Å². The van der Waals surface area contributed by atoms with Gasteiger partial charge in [0.2, 0.25) is 5.95 Å². The number of ether oxygens (including phenoxy) is 1. The average molecular weight is 287 g/mol. The normalized spacial score (nSPS) is 11.8. The van der Waals surface area contributed by atoms with Gasteiger partial charge >= 0.3 is 0 Å². The van der Waals surface area contributed by atoms with Gasteiger partial charge < -0.3 is 15.4 Å². The molecule has 0 saturated heterocycles. The van der Waals surface area contributed by atoms with Crippen LogP contribution < -0.4 is 15.4 Å². The lowest BCUT2D eigenvalue weighted by atomic mass is 10.2. The molecule has 1 atom stereocenters. The van der Waals surface area contributed by atoms with E-state index in [0.717, 1.165) is 23.6 Å². The van der Waals surface area contributed by atoms with Crippen LogP contribution in [-0.4, -0.2) is 28.3 Å². The zero-order valence-electron chi connectivity index (χ0n) is 12.6. The van der Waals surface area contributed by atoms with Gasteiger partial charge in [-0.2, -0.15) is 10.1 Å². The molecule has 6 nitrogen and oxygen atoms in total. The van der Waals surface area contributed by atoms with Crippen molar-refractivity contribution in [1.82, 2.24) is 15.2 Å². The number of nitrogens with one attached hydrogen (secondary N) is 2. The monoisotopic (exact) mass is 287 g/mol. The number of anilines is 2. The van der Waals surface area contributed by atoms with Crippen LogP contribution >= 0.6 is 0 Å². The van der Waals surface area contributed by atoms with Gasteiger partial charge in [0.15, 0.2) is 5.82 Å². The Morgan fingerprint density at radius 1 is 1.24 bits per heavy atom. The second kappa shape index (κ2) is 7.42. The van der Waals surface area contributed by atoms with Crippen LogP contribution in [0.1, 0.15) is 25.8 Å². The molecule has 1 aromatic heterocycles. The SMILES string of the molecule is CCC(C)Nc1cnnc(NCc2ccc(OC)cc2)n1. The summed E-state index contributed by atoms with van der Waals surface area (Å²) in [5.41, 5.74) is 1.12. The molecule has 2 N–H and O–H groups in total. The predicted molar refractivity (Wildman–Crippen MR) is 83.5 cm³/mol. The Labute approximate surface area is 125 Å². The molecule has 1 heterocycles. The molecule has 0 spiro atoms. The van der Waals surface area contributed by atoms with Gasteiger partial charge in [-0.25, -0.2) is 0 Å². The smallest absolute Gasteiger partial charge is 0.244 e. The number of rotatable bonds is 7. The Morgan fingerprint density at radius 3 is 2.67 bits per heavy atom. The molecule has 0 amide bonds. The largest absolute Gasteiger partial charge is 0.497 e. The van der Waals surface area contributed by atoms with Crippen LogP contribution in [0.15, 0.2) is 30.5 Å². The fraction of sp³-hybridized carbons (Fsp3) is 0.400. The van der Waals surface area contributed by atoms with E-state index in [1.54, 1.807) is 13.3 Å². The average Bonchev–Trinajstić information content (AvgIpc) is 2.53. The van der Waals surface area contributed by atoms with Crippen molar-refractivity contribution in [2.75, 3.05) is 17.7 Å². The zero-order chi connectivity index (χ0) is 15.1. The van der Waals surface area contributed by atoms with E-state index in [-0.39, 0.29) is 0 Å². The van der Waals surface area contributed by atoms with E-state index >= 15 is 0 Å². The van der Waals surface area contributed by atoms with E-state index < -0.39 is 0 Å². The third-order valence-corrected chi connectivity index (χ3v) is 3.18. The van der Waals surface area contributed by atoms with Gasteiger partial charge in [-0.1, -0.05) is 19.1 Å². The lowest BCUT2D eigenvalue weighted by molar-refractivity contribution is 0.414. The van der Waals surface area contributed by atoms with Gasteiger partial charge in [0, 0.05) is 12.6 Å². The molecule has 2 aromatic rings. The summed E-state index contributed by atoms with van der Waals surface area (Å²) in [6.07, 6.45) is 2.66. The zero-order valence-corrected chi connectivity index (χ0v) is 12.6. The molecule has 0 aliphatic rings. The molecule has 1 unspecified atom stereocenters. The molecule has 1 aromatic carbocycles. The second-order valence-corrected chi connectivity index (χ2v) is 4.82. The fourth-order valence-corrected chi connectivity index (χ4v) is 1.73. The minimum absolute atomic E-state index is 0.358. The number of benzene rings is 1. The van der Waals surface area contributed by atoms with Crippen molar-refractivity contribution in [1.29, 1.82) is 0 Å². The first-order valence-electron chi connectivity index (χ1n) is 7.04. The van der Waals surface area contributed by atoms with Crippen molar-refractivity contribution in [2.24, 2.45) is 0 Å². The number of nitrogens with zero attached hydrogens (tertiary/aromatic N) is 3. The molecule has 21 heavy (non-hydrogen) atoms. The second-order valence-electron chi connectivity index (χ2n) is 4.82. The van der Waals surface area contributed by atoms with Gasteiger partial charge in [-0.15, -0.1) is 5.10 Å². The molecule has 0 aliphatic carbocycles. The first kappa shape index (κ1) is 15.0. The van der Waals surface area contributed by atoms with Crippen LogP contribution in [0.4, 0.5) is 11.8 Å². The molecule has 0 bridgehead atoms. The van der Waals surface area contributed by atoms with Crippen molar-refractivity contribution in [3.8, 4) is 5.75 Å². The summed E-state index contributed by atoms with van der Waals surface area (Å²) in [4.78, 5) is 4.39. The summed E-state index contributed by atoms with van der Waals surface area (Å²) in [5.74, 6) is 2.09. The highest BCUT2D eigenvalue weighted by Gasteiger charge is 2.03. The highest BCUT2D eigenvalue weighted by atomic mass is 16.5. The highest BCUT2D eigenvalue weighted by molar-refractivity contribution is 5.38. The van der Waals surface area contributed by atoms with Gasteiger partial charge in [-0.05, 0) is 31.0 Å². The minimum atomic E-state index is 0.358. The molecule has 112 valence electrons. The number of hydrogen-bond acceptors (Lipinski definition) is 6. The molecule has 0 aliphatic heterocycles. The molecule has 0 radical (unpaired) electrons. The standard InChI is InChI=1S/C15H21N5O/c1-4-11(2)18-14-10-17-20-15(19-14)16-9-12-5-7-13(21-3)8-6-12/h5-8,10-11H,4,9H2,1-3H3,(H2,16,18,19,20). The van der Waals surface area contributed by atoms with Crippen LogP contribution in [0.25, 0.3) is 0 Å². The molecule has 0 saturated carbocycles. The van der Waals surface area contributed by atoms with E-state index in [0.29, 0.717) is 18.5 Å². The Balaban J connectivity index is 1.94. The summed E-state index contributed by atoms with van der Waals surface area (Å²) < 4.78 is 5.13. The Bertz CT molecular complexity index is 558. The van der Waals surface area contributed by atoms with Crippen molar-refractivity contribution >= 4 is 11.8 Å². The molecule has 6 heteroatoms. The van der Waals surface area contributed by atoms with Gasteiger partial charge in [0.05, 0.1) is 13.3 Å². The topological polar surface area (TPSA) is 72.0 Å². The molecular formula is C15H21N5O. The summed E-state index contributed by atoms with van der Waals surface area (Å²) in [7, 11) is 1.66. The van der Waals surface area contributed by atoms with E-state index in [1.165, 1.54) is 0 Å². The van der Waals surface area contributed by atoms with Crippen LogP contribution in [0.3, 0.4) is 0 Å². The van der Waals surface area contributed by atoms with E-state index in [1.807, 2.05) is 24.3 Å². The van der Waals surface area contributed by atoms with E-state index in [9.17, 15) is 0 Å². The third kappa shape index (κ3) is 4.59. The molecule has 0 fully saturated rings. The number of aromatic nitrogens is 3. The predicted octanol–water partition coefficient (Wildman–Crippen LogP) is 2.70. The van der Waals surface area contributed by atoms with Crippen molar-refractivity contribution in [3.63, 3.8) is 0 Å². The number of methoxy groups -OCH3 is 1. The Hall–Kier alpha value is -2.37. The quantitative estimate of drug-likeness (QED) is 0.816. The van der Waals surface area contributed by atoms with E-state index in [2.05, 4.69) is 39.7 Å². The van der Waals surface area contributed by atoms with Gasteiger partial charge in [0.1, 0.15) is 5.75 Å². The Kier molecular flexibility index (Phi) is 5.31. The van der Waals surface area contributed by atoms with Gasteiger partial charge in [-0.3, -0.25) is 0 Å². The van der Waals surface area contributed by atoms with Gasteiger partial charge in [0.25, 0.3) is 0 Å². The maximum absolute atomic E-state index is 5.13. The highest BCUT2D eigenvalue weighted by Crippen LogP contribution is 2.12. The van der Waals surface area contributed by atoms with Crippen molar-refractivity contribution in [3.05, 3.63) is 36.0 Å². The van der Waals surface area contributed by atoms with Crippen molar-refractivity contribution < 1.29 is 4.74 Å². The first-order valence-corrected chi connectivity index (χ1v) is 7.04. The lowest BCUT2D eigenvalue weighted by Gasteiger charge is -2.12. The van der Waals surface area contributed by atoms with Crippen LogP contribution in [0.5, 0.6) is 5.75 Å².